The van der Waals surface area contributed by atoms with E-state index in [1.807, 2.05) is 0 Å². The minimum atomic E-state index is -1.92. The largest absolute Gasteiger partial charge is 0.480 e. The third-order valence-corrected chi connectivity index (χ3v) is 1.15. The summed E-state index contributed by atoms with van der Waals surface area (Å²) in [6.45, 7) is 0. The van der Waals surface area contributed by atoms with Crippen LogP contribution in [-0.4, -0.2) is 46.5 Å². The molecule has 0 heterocycles. The van der Waals surface area contributed by atoms with Crippen molar-refractivity contribution >= 4 is 11.9 Å². The van der Waals surface area contributed by atoms with E-state index in [1.165, 1.54) is 7.05 Å². The number of rotatable bonds is 4. The van der Waals surface area contributed by atoms with Crippen LogP contribution in [0.5, 0.6) is 0 Å². The van der Waals surface area contributed by atoms with Gasteiger partial charge in [-0.1, -0.05) is 0 Å². The maximum atomic E-state index is 10.2. The third kappa shape index (κ3) is 2.52. The number of carbonyl (C=O) groups is 2. The molecule has 0 saturated carbocycles. The van der Waals surface area contributed by atoms with Gasteiger partial charge < -0.3 is 20.6 Å². The van der Waals surface area contributed by atoms with Gasteiger partial charge in [-0.15, -0.1) is 0 Å². The molecule has 0 saturated heterocycles. The lowest BCUT2D eigenvalue weighted by Gasteiger charge is -2.13. The summed E-state index contributed by atoms with van der Waals surface area (Å²) in [5.74, 6) is -2.96. The summed E-state index contributed by atoms with van der Waals surface area (Å²) in [5.41, 5.74) is 0. The molecule has 0 spiro atoms. The molecule has 0 radical (unpaired) electrons. The number of hydrogen-bond acceptors (Lipinski definition) is 4. The van der Waals surface area contributed by atoms with Crippen molar-refractivity contribution in [2.24, 2.45) is 0 Å². The van der Waals surface area contributed by atoms with Gasteiger partial charge in [0.15, 0.2) is 6.10 Å². The summed E-state index contributed by atoms with van der Waals surface area (Å²) in [7, 11) is 1.25. The van der Waals surface area contributed by atoms with E-state index in [0.29, 0.717) is 0 Å². The first-order chi connectivity index (χ1) is 5.00. The molecule has 2 atom stereocenters. The average molecular weight is 163 g/mol. The molecule has 0 fully saturated rings. The van der Waals surface area contributed by atoms with Gasteiger partial charge in [-0.3, -0.25) is 4.79 Å². The van der Waals surface area contributed by atoms with Crippen LogP contribution in [0.3, 0.4) is 0 Å². The molecule has 4 N–H and O–H groups in total. The second-order valence-electron chi connectivity index (χ2n) is 1.89. The highest BCUT2D eigenvalue weighted by Crippen LogP contribution is 1.92. The first-order valence-corrected chi connectivity index (χ1v) is 2.81. The molecule has 6 nitrogen and oxygen atoms in total. The van der Waals surface area contributed by atoms with Crippen molar-refractivity contribution in [1.29, 1.82) is 0 Å². The average Bonchev–Trinajstić information content (AvgIpc) is 1.88. The normalized spacial score (nSPS) is 15.5. The lowest BCUT2D eigenvalue weighted by Crippen LogP contribution is -2.48. The zero-order valence-corrected chi connectivity index (χ0v) is 5.81. The van der Waals surface area contributed by atoms with Gasteiger partial charge in [-0.25, -0.2) is 4.79 Å². The van der Waals surface area contributed by atoms with Gasteiger partial charge in [-0.05, 0) is 7.05 Å². The number of carboxylic acid groups (broad SMARTS) is 2. The molecule has 0 aromatic heterocycles. The Hall–Kier alpha value is -1.14. The van der Waals surface area contributed by atoms with E-state index in [2.05, 4.69) is 5.32 Å². The van der Waals surface area contributed by atoms with Crippen molar-refractivity contribution in [2.75, 3.05) is 7.05 Å². The number of nitrogens with one attached hydrogen (secondary N) is 1. The minimum Gasteiger partial charge on any atom is -0.480 e. The van der Waals surface area contributed by atoms with E-state index in [9.17, 15) is 9.59 Å². The number of aliphatic carboxylic acids is 2. The van der Waals surface area contributed by atoms with Crippen LogP contribution in [0.15, 0.2) is 0 Å². The highest BCUT2D eigenvalue weighted by atomic mass is 16.4. The Labute approximate surface area is 62.5 Å². The van der Waals surface area contributed by atoms with Crippen molar-refractivity contribution in [3.63, 3.8) is 0 Å². The van der Waals surface area contributed by atoms with Gasteiger partial charge in [-0.2, -0.15) is 0 Å². The maximum Gasteiger partial charge on any atom is 0.334 e. The molecular formula is C5H9NO5. The molecule has 0 aliphatic heterocycles. The quantitative estimate of drug-likeness (QED) is 0.386. The second-order valence-corrected chi connectivity index (χ2v) is 1.89. The Kier molecular flexibility index (Phi) is 3.49. The smallest absolute Gasteiger partial charge is 0.334 e. The number of hydrogen-bond donors (Lipinski definition) is 4. The number of aliphatic hydroxyl groups excluding tert-OH is 1. The molecule has 0 amide bonds. The van der Waals surface area contributed by atoms with E-state index < -0.39 is 24.1 Å². The maximum absolute atomic E-state index is 10.2. The molecule has 64 valence electrons. The fraction of sp³-hybridized carbons (Fsp3) is 0.600. The summed E-state index contributed by atoms with van der Waals surface area (Å²) >= 11 is 0. The third-order valence-electron chi connectivity index (χ3n) is 1.15. The Morgan fingerprint density at radius 1 is 1.27 bits per heavy atom. The van der Waals surface area contributed by atoms with Gasteiger partial charge in [0.05, 0.1) is 0 Å². The van der Waals surface area contributed by atoms with Gasteiger partial charge in [0.1, 0.15) is 6.04 Å². The second kappa shape index (κ2) is 3.89. The van der Waals surface area contributed by atoms with E-state index in [1.54, 1.807) is 0 Å². The Morgan fingerprint density at radius 2 is 1.73 bits per heavy atom. The SMILES string of the molecule is CNC(C(=O)O)[C@@H](O)C(=O)O. The summed E-state index contributed by atoms with van der Waals surface area (Å²) in [6, 6.07) is -1.47. The number of aliphatic hydroxyl groups is 1. The Balaban J connectivity index is 4.25. The van der Waals surface area contributed by atoms with Crippen LogP contribution in [0.1, 0.15) is 0 Å². The van der Waals surface area contributed by atoms with Crippen LogP contribution in [0.2, 0.25) is 0 Å². The van der Waals surface area contributed by atoms with Crippen molar-refractivity contribution in [3.05, 3.63) is 0 Å². The van der Waals surface area contributed by atoms with Crippen LogP contribution >= 0.6 is 0 Å². The molecule has 0 bridgehead atoms. The van der Waals surface area contributed by atoms with E-state index in [0.717, 1.165) is 0 Å². The zero-order chi connectivity index (χ0) is 9.02. The Bertz CT molecular complexity index is 168. The number of carboxylic acids is 2. The lowest BCUT2D eigenvalue weighted by atomic mass is 10.2. The molecule has 0 rings (SSSR count). The van der Waals surface area contributed by atoms with Crippen LogP contribution in [0.25, 0.3) is 0 Å². The minimum absolute atomic E-state index is 1.25. The fourth-order valence-electron chi connectivity index (χ4n) is 0.559. The molecule has 11 heavy (non-hydrogen) atoms. The predicted molar refractivity (Wildman–Crippen MR) is 34.1 cm³/mol. The standard InChI is InChI=1S/C5H9NO5/c1-6-2(4(8)9)3(7)5(10)11/h2-3,6-7H,1H3,(H,8,9)(H,10,11)/t2?,3-/m1/s1. The summed E-state index contributed by atoms with van der Waals surface area (Å²) in [5, 5.41) is 27.4. The summed E-state index contributed by atoms with van der Waals surface area (Å²) in [4.78, 5) is 20.2. The fourth-order valence-corrected chi connectivity index (χ4v) is 0.559. The van der Waals surface area contributed by atoms with Crippen molar-refractivity contribution in [1.82, 2.24) is 5.32 Å². The van der Waals surface area contributed by atoms with Gasteiger partial charge in [0.2, 0.25) is 0 Å². The summed E-state index contributed by atoms with van der Waals surface area (Å²) in [6.07, 6.45) is -1.92. The van der Waals surface area contributed by atoms with Crippen LogP contribution in [0.4, 0.5) is 0 Å². The monoisotopic (exact) mass is 163 g/mol. The van der Waals surface area contributed by atoms with Crippen molar-refractivity contribution in [2.45, 2.75) is 12.1 Å². The van der Waals surface area contributed by atoms with E-state index >= 15 is 0 Å². The van der Waals surface area contributed by atoms with Gasteiger partial charge in [0.25, 0.3) is 0 Å². The van der Waals surface area contributed by atoms with Crippen LogP contribution < -0.4 is 5.32 Å². The van der Waals surface area contributed by atoms with Crippen molar-refractivity contribution in [3.8, 4) is 0 Å². The first kappa shape index (κ1) is 9.86. The predicted octanol–water partition coefficient (Wildman–Crippen LogP) is -1.90. The van der Waals surface area contributed by atoms with Gasteiger partial charge >= 0.3 is 11.9 Å². The molecule has 0 aliphatic carbocycles. The van der Waals surface area contributed by atoms with Gasteiger partial charge in [0, 0.05) is 0 Å². The number of likely N-dealkylation sites (N-methyl/N-ethyl adjacent to an activating group) is 1. The molecule has 6 heteroatoms. The highest BCUT2D eigenvalue weighted by molar-refractivity contribution is 5.84. The van der Waals surface area contributed by atoms with Crippen LogP contribution in [-0.2, 0) is 9.59 Å². The molecule has 1 unspecified atom stereocenters. The van der Waals surface area contributed by atoms with E-state index in [-0.39, 0.29) is 0 Å². The molecule has 0 aromatic carbocycles. The Morgan fingerprint density at radius 3 is 1.82 bits per heavy atom. The van der Waals surface area contributed by atoms with Crippen LogP contribution in [0, 0.1) is 0 Å². The van der Waals surface area contributed by atoms with Crippen molar-refractivity contribution < 1.29 is 24.9 Å². The lowest BCUT2D eigenvalue weighted by molar-refractivity contribution is -0.155. The summed E-state index contributed by atoms with van der Waals surface area (Å²) < 4.78 is 0. The first-order valence-electron chi connectivity index (χ1n) is 2.81. The van der Waals surface area contributed by atoms with E-state index in [4.69, 9.17) is 15.3 Å². The molecular weight excluding hydrogens is 154 g/mol. The molecule has 0 aromatic rings. The zero-order valence-electron chi connectivity index (χ0n) is 5.81. The highest BCUT2D eigenvalue weighted by Gasteiger charge is 2.30. The molecule has 0 aliphatic rings. The topological polar surface area (TPSA) is 107 Å².